The average molecular weight is 618 g/mol. The Labute approximate surface area is 252 Å². The number of carbonyl (C=O) groups is 2. The second kappa shape index (κ2) is 12.2. The van der Waals surface area contributed by atoms with E-state index in [9.17, 15) is 18.0 Å². The highest BCUT2D eigenvalue weighted by Crippen LogP contribution is 2.45. The van der Waals surface area contributed by atoms with E-state index in [1.165, 1.54) is 6.07 Å². The molecule has 7 N–H and O–H groups in total. The summed E-state index contributed by atoms with van der Waals surface area (Å²) in [6.45, 7) is 4.42. The second-order valence-electron chi connectivity index (χ2n) is 13.2. The van der Waals surface area contributed by atoms with E-state index in [2.05, 4.69) is 5.32 Å². The lowest BCUT2D eigenvalue weighted by Crippen LogP contribution is -2.37. The molecule has 1 saturated carbocycles. The third-order valence-electron chi connectivity index (χ3n) is 8.97. The fraction of sp³-hybridized carbons (Fsp3) is 0.613. The number of aromatic nitrogens is 1. The number of sulfone groups is 1. The molecule has 0 bridgehead atoms. The smallest absolute Gasteiger partial charge is 0.323 e. The maximum atomic E-state index is 15.6. The summed E-state index contributed by atoms with van der Waals surface area (Å²) in [4.78, 5) is 25.2. The number of hydrogen-bond acceptors (Lipinski definition) is 8. The predicted molar refractivity (Wildman–Crippen MR) is 162 cm³/mol. The lowest BCUT2D eigenvalue weighted by molar-refractivity contribution is -0.152. The van der Waals surface area contributed by atoms with Crippen molar-refractivity contribution in [3.05, 3.63) is 40.5 Å². The molecular formula is C31H44FN5O5S. The zero-order valence-electron chi connectivity index (χ0n) is 25.1. The molecule has 1 amide bonds. The number of nitrogens with two attached hydrogens (primary N) is 3. The van der Waals surface area contributed by atoms with Crippen molar-refractivity contribution in [2.45, 2.75) is 108 Å². The lowest BCUT2D eigenvalue weighted by Gasteiger charge is -2.32. The number of anilines is 1. The number of amides is 1. The van der Waals surface area contributed by atoms with Crippen molar-refractivity contribution in [2.75, 3.05) is 17.6 Å². The van der Waals surface area contributed by atoms with Crippen molar-refractivity contribution in [3.8, 4) is 5.69 Å². The van der Waals surface area contributed by atoms with E-state index in [0.29, 0.717) is 74.2 Å². The predicted octanol–water partition coefficient (Wildman–Crippen LogP) is 3.28. The Balaban J connectivity index is 1.39. The zero-order chi connectivity index (χ0) is 31.1. The highest BCUT2D eigenvalue weighted by atomic mass is 32.2. The standard InChI is InChI=1S/C31H44FN5O5S/c1-31(2)16-26-28(43(40,41)17-31)21-6-5-8-25(21)37(26)19-14-22(32)27(29(35)38)24(15-19)36-18-9-11-20(12-10-18)42-30(39)23(34)7-3-4-13-33/h14-15,18,20,23,36H,3-13,16-17,33-34H2,1-2H3,(H2,35,38)/t18?,20?,23-/m0/s1. The summed E-state index contributed by atoms with van der Waals surface area (Å²) in [5.74, 6) is -1.98. The number of nitrogens with one attached hydrogen (secondary N) is 1. The molecule has 0 spiro atoms. The summed E-state index contributed by atoms with van der Waals surface area (Å²) in [6.07, 6.45) is 7.03. The number of nitrogens with zero attached hydrogens (tertiary/aromatic N) is 1. The normalized spacial score (nSPS) is 22.8. The Hall–Kier alpha value is -2.96. The van der Waals surface area contributed by atoms with E-state index in [1.807, 2.05) is 18.4 Å². The molecule has 2 heterocycles. The van der Waals surface area contributed by atoms with Gasteiger partial charge in [-0.3, -0.25) is 9.59 Å². The quantitative estimate of drug-likeness (QED) is 0.232. The lowest BCUT2D eigenvalue weighted by atomic mass is 9.89. The molecule has 12 heteroatoms. The SMILES string of the molecule is CC1(C)Cc2c(c3c(n2-c2cc(F)c(C(N)=O)c(NC4CCC(OC(=O)[C@@H](N)CCCCN)CC4)c2)CCC3)S(=O)(=O)C1. The van der Waals surface area contributed by atoms with Gasteiger partial charge in [0.05, 0.1) is 27.6 Å². The number of primary amides is 1. The minimum Gasteiger partial charge on any atom is -0.461 e. The summed E-state index contributed by atoms with van der Waals surface area (Å²) in [5.41, 5.74) is 19.6. The van der Waals surface area contributed by atoms with Crippen LogP contribution in [0, 0.1) is 11.2 Å². The van der Waals surface area contributed by atoms with Crippen LogP contribution in [0.4, 0.5) is 10.1 Å². The van der Waals surface area contributed by atoms with Crippen LogP contribution < -0.4 is 22.5 Å². The number of unbranched alkanes of at least 4 members (excludes halogenated alkanes) is 1. The zero-order valence-corrected chi connectivity index (χ0v) is 25.9. The van der Waals surface area contributed by atoms with E-state index < -0.39 is 39.0 Å². The first-order chi connectivity index (χ1) is 20.3. The van der Waals surface area contributed by atoms with Crippen molar-refractivity contribution >= 4 is 27.4 Å². The highest BCUT2D eigenvalue weighted by molar-refractivity contribution is 7.91. The molecule has 5 rings (SSSR count). The molecule has 2 aromatic rings. The minimum atomic E-state index is -3.51. The number of esters is 1. The second-order valence-corrected chi connectivity index (χ2v) is 15.1. The molecule has 0 unspecified atom stereocenters. The maximum Gasteiger partial charge on any atom is 0.323 e. The average Bonchev–Trinajstić information content (AvgIpc) is 3.48. The van der Waals surface area contributed by atoms with Crippen LogP contribution in [-0.4, -0.2) is 55.3 Å². The van der Waals surface area contributed by atoms with Gasteiger partial charge in [-0.15, -0.1) is 0 Å². The van der Waals surface area contributed by atoms with Gasteiger partial charge >= 0.3 is 5.97 Å². The summed E-state index contributed by atoms with van der Waals surface area (Å²) < 4.78 is 50.0. The van der Waals surface area contributed by atoms with Crippen LogP contribution in [0.25, 0.3) is 5.69 Å². The molecule has 1 fully saturated rings. The number of hydrogen-bond donors (Lipinski definition) is 4. The Bertz CT molecular complexity index is 1510. The van der Waals surface area contributed by atoms with Crippen molar-refractivity contribution in [2.24, 2.45) is 22.6 Å². The number of ether oxygens (including phenoxy) is 1. The van der Waals surface area contributed by atoms with Crippen LogP contribution in [0.2, 0.25) is 0 Å². The summed E-state index contributed by atoms with van der Waals surface area (Å²) in [5, 5.41) is 3.34. The molecule has 10 nitrogen and oxygen atoms in total. The van der Waals surface area contributed by atoms with Gasteiger partial charge in [0, 0.05) is 17.4 Å². The van der Waals surface area contributed by atoms with Crippen molar-refractivity contribution in [1.29, 1.82) is 0 Å². The Kier molecular flexibility index (Phi) is 8.93. The number of benzene rings is 1. The third-order valence-corrected chi connectivity index (χ3v) is 11.2. The molecular weight excluding hydrogens is 573 g/mol. The van der Waals surface area contributed by atoms with Gasteiger partial charge in [-0.05, 0) is 93.9 Å². The minimum absolute atomic E-state index is 0.0729. The Morgan fingerprint density at radius 1 is 1.14 bits per heavy atom. The number of carbonyl (C=O) groups excluding carboxylic acids is 2. The summed E-state index contributed by atoms with van der Waals surface area (Å²) >= 11 is 0. The fourth-order valence-corrected chi connectivity index (χ4v) is 9.49. The van der Waals surface area contributed by atoms with E-state index in [-0.39, 0.29) is 29.1 Å². The monoisotopic (exact) mass is 617 g/mol. The molecule has 1 aromatic heterocycles. The van der Waals surface area contributed by atoms with Crippen molar-refractivity contribution in [1.82, 2.24) is 4.57 Å². The van der Waals surface area contributed by atoms with Gasteiger partial charge in [0.25, 0.3) is 5.91 Å². The molecule has 43 heavy (non-hydrogen) atoms. The van der Waals surface area contributed by atoms with Crippen LogP contribution in [-0.2, 0) is 38.6 Å². The van der Waals surface area contributed by atoms with Gasteiger partial charge in [-0.2, -0.15) is 0 Å². The number of fused-ring (bicyclic) bond motifs is 3. The van der Waals surface area contributed by atoms with Gasteiger partial charge in [0.1, 0.15) is 18.0 Å². The first kappa shape index (κ1) is 31.5. The first-order valence-corrected chi connectivity index (χ1v) is 17.0. The van der Waals surface area contributed by atoms with Gasteiger partial charge in [0.15, 0.2) is 9.84 Å². The van der Waals surface area contributed by atoms with Crippen molar-refractivity contribution in [3.63, 3.8) is 0 Å². The van der Waals surface area contributed by atoms with Gasteiger partial charge in [0.2, 0.25) is 0 Å². The number of halogens is 1. The first-order valence-electron chi connectivity index (χ1n) is 15.4. The van der Waals surface area contributed by atoms with Crippen LogP contribution in [0.3, 0.4) is 0 Å². The Morgan fingerprint density at radius 2 is 1.86 bits per heavy atom. The van der Waals surface area contributed by atoms with Crippen LogP contribution in [0.15, 0.2) is 17.0 Å². The van der Waals surface area contributed by atoms with Crippen molar-refractivity contribution < 1.29 is 27.1 Å². The molecule has 0 radical (unpaired) electrons. The highest BCUT2D eigenvalue weighted by Gasteiger charge is 2.42. The van der Waals surface area contributed by atoms with E-state index in [4.69, 9.17) is 21.9 Å². The van der Waals surface area contributed by atoms with Gasteiger partial charge in [-0.1, -0.05) is 20.3 Å². The molecule has 1 aliphatic heterocycles. The van der Waals surface area contributed by atoms with Crippen LogP contribution >= 0.6 is 0 Å². The van der Waals surface area contributed by atoms with E-state index in [1.54, 1.807) is 6.07 Å². The fourth-order valence-electron chi connectivity index (χ4n) is 7.10. The molecule has 1 atom stereocenters. The van der Waals surface area contributed by atoms with Gasteiger partial charge in [-0.25, -0.2) is 12.8 Å². The van der Waals surface area contributed by atoms with Crippen LogP contribution in [0.5, 0.6) is 0 Å². The molecule has 2 aliphatic carbocycles. The topological polar surface area (TPSA) is 173 Å². The van der Waals surface area contributed by atoms with E-state index >= 15 is 4.39 Å². The maximum absolute atomic E-state index is 15.6. The molecule has 236 valence electrons. The number of rotatable bonds is 10. The summed E-state index contributed by atoms with van der Waals surface area (Å²) in [7, 11) is -3.51. The molecule has 1 aromatic carbocycles. The van der Waals surface area contributed by atoms with E-state index in [0.717, 1.165) is 30.5 Å². The van der Waals surface area contributed by atoms with Crippen LogP contribution in [0.1, 0.15) is 92.5 Å². The molecule has 3 aliphatic rings. The Morgan fingerprint density at radius 3 is 2.53 bits per heavy atom. The molecule has 0 saturated heterocycles. The van der Waals surface area contributed by atoms with Gasteiger partial charge < -0.3 is 31.8 Å². The summed E-state index contributed by atoms with van der Waals surface area (Å²) in [6, 6.07) is 2.21. The largest absolute Gasteiger partial charge is 0.461 e. The third kappa shape index (κ3) is 6.46.